The third-order valence-corrected chi connectivity index (χ3v) is 4.48. The van der Waals surface area contributed by atoms with Crippen LogP contribution in [0.5, 0.6) is 0 Å². The lowest BCUT2D eigenvalue weighted by molar-refractivity contribution is -0.156. The van der Waals surface area contributed by atoms with Crippen LogP contribution in [0.15, 0.2) is 0 Å². The fourth-order valence-corrected chi connectivity index (χ4v) is 3.09. The van der Waals surface area contributed by atoms with Gasteiger partial charge in [0.2, 0.25) is 0 Å². The summed E-state index contributed by atoms with van der Waals surface area (Å²) in [4.78, 5) is 34.3. The molecule has 0 heterocycles. The maximum atomic E-state index is 12.1. The zero-order chi connectivity index (χ0) is 17.2. The molecule has 0 spiro atoms. The number of hydrogen-bond acceptors (Lipinski definition) is 4. The van der Waals surface area contributed by atoms with E-state index in [1.165, 1.54) is 19.3 Å². The maximum Gasteiger partial charge on any atom is 0.308 e. The van der Waals surface area contributed by atoms with Gasteiger partial charge in [-0.2, -0.15) is 0 Å². The van der Waals surface area contributed by atoms with Gasteiger partial charge in [0.25, 0.3) is 0 Å². The van der Waals surface area contributed by atoms with E-state index in [4.69, 9.17) is 14.9 Å². The van der Waals surface area contributed by atoms with Crippen molar-refractivity contribution in [3.05, 3.63) is 0 Å². The molecule has 0 amide bonds. The largest absolute Gasteiger partial charge is 0.481 e. The Morgan fingerprint density at radius 2 is 1.30 bits per heavy atom. The van der Waals surface area contributed by atoms with Crippen LogP contribution in [0.2, 0.25) is 0 Å². The fourth-order valence-electron chi connectivity index (χ4n) is 3.09. The van der Waals surface area contributed by atoms with Crippen LogP contribution in [-0.4, -0.2) is 34.7 Å². The Morgan fingerprint density at radius 3 is 1.83 bits per heavy atom. The van der Waals surface area contributed by atoms with E-state index in [0.717, 1.165) is 19.3 Å². The second kappa shape index (κ2) is 10.2. The molecule has 1 rings (SSSR count). The number of rotatable bonds is 10. The van der Waals surface area contributed by atoms with Crippen molar-refractivity contribution in [2.75, 3.05) is 6.61 Å². The summed E-state index contributed by atoms with van der Waals surface area (Å²) in [6.07, 6.45) is 6.96. The molecule has 1 saturated carbocycles. The van der Waals surface area contributed by atoms with E-state index in [2.05, 4.69) is 6.92 Å². The Morgan fingerprint density at radius 1 is 0.826 bits per heavy atom. The van der Waals surface area contributed by atoms with E-state index in [1.807, 2.05) is 0 Å². The summed E-state index contributed by atoms with van der Waals surface area (Å²) in [5, 5.41) is 18.2. The number of esters is 1. The number of carbonyl (C=O) groups excluding carboxylic acids is 1. The predicted octanol–water partition coefficient (Wildman–Crippen LogP) is 3.09. The van der Waals surface area contributed by atoms with Gasteiger partial charge in [-0.05, 0) is 25.7 Å². The van der Waals surface area contributed by atoms with Crippen LogP contribution in [0.25, 0.3) is 0 Å². The number of carboxylic acid groups (broad SMARTS) is 2. The number of ether oxygens (including phenoxy) is 1. The molecule has 23 heavy (non-hydrogen) atoms. The number of hydrogen-bond donors (Lipinski definition) is 2. The maximum absolute atomic E-state index is 12.1. The van der Waals surface area contributed by atoms with E-state index in [0.29, 0.717) is 6.61 Å². The van der Waals surface area contributed by atoms with Gasteiger partial charge in [-0.25, -0.2) is 0 Å². The molecule has 0 aliphatic heterocycles. The summed E-state index contributed by atoms with van der Waals surface area (Å²) in [5.41, 5.74) is 0. The quantitative estimate of drug-likeness (QED) is 0.472. The SMILES string of the molecule is CCCCCCCCOC(=O)C1CC(C(=O)O)CC(C(=O)O)C1. The molecule has 132 valence electrons. The summed E-state index contributed by atoms with van der Waals surface area (Å²) in [6, 6.07) is 0. The van der Waals surface area contributed by atoms with Gasteiger partial charge in [0.15, 0.2) is 0 Å². The average Bonchev–Trinajstić information content (AvgIpc) is 2.53. The highest BCUT2D eigenvalue weighted by Gasteiger charge is 2.39. The first-order chi connectivity index (χ1) is 11.0. The van der Waals surface area contributed by atoms with Crippen LogP contribution in [0.3, 0.4) is 0 Å². The zero-order valence-electron chi connectivity index (χ0n) is 13.8. The van der Waals surface area contributed by atoms with E-state index in [-0.39, 0.29) is 19.3 Å². The molecule has 2 atom stereocenters. The first-order valence-corrected chi connectivity index (χ1v) is 8.58. The minimum atomic E-state index is -1.04. The highest BCUT2D eigenvalue weighted by molar-refractivity contribution is 5.79. The summed E-state index contributed by atoms with van der Waals surface area (Å²) in [6.45, 7) is 2.48. The summed E-state index contributed by atoms with van der Waals surface area (Å²) in [5.74, 6) is -4.70. The molecule has 6 nitrogen and oxygen atoms in total. The molecule has 0 saturated heterocycles. The molecule has 1 aliphatic carbocycles. The van der Waals surface area contributed by atoms with Crippen molar-refractivity contribution >= 4 is 17.9 Å². The first-order valence-electron chi connectivity index (χ1n) is 8.58. The van der Waals surface area contributed by atoms with E-state index in [9.17, 15) is 14.4 Å². The van der Waals surface area contributed by atoms with Crippen molar-refractivity contribution in [1.82, 2.24) is 0 Å². The molecule has 1 fully saturated rings. The van der Waals surface area contributed by atoms with Crippen LogP contribution in [0.1, 0.15) is 64.7 Å². The van der Waals surface area contributed by atoms with Crippen molar-refractivity contribution in [1.29, 1.82) is 0 Å². The fraction of sp³-hybridized carbons (Fsp3) is 0.824. The van der Waals surface area contributed by atoms with Gasteiger partial charge < -0.3 is 14.9 Å². The number of carbonyl (C=O) groups is 3. The van der Waals surface area contributed by atoms with Crippen LogP contribution < -0.4 is 0 Å². The third kappa shape index (κ3) is 7.01. The van der Waals surface area contributed by atoms with Crippen LogP contribution in [0.4, 0.5) is 0 Å². The molecular formula is C17H28O6. The topological polar surface area (TPSA) is 101 Å². The van der Waals surface area contributed by atoms with Gasteiger partial charge in [0, 0.05) is 0 Å². The van der Waals surface area contributed by atoms with Crippen molar-refractivity contribution in [2.24, 2.45) is 17.8 Å². The molecular weight excluding hydrogens is 300 g/mol. The molecule has 6 heteroatoms. The lowest BCUT2D eigenvalue weighted by Crippen LogP contribution is -2.35. The van der Waals surface area contributed by atoms with Crippen molar-refractivity contribution < 1.29 is 29.3 Å². The first kappa shape index (κ1) is 19.5. The molecule has 2 unspecified atom stereocenters. The molecule has 0 aromatic heterocycles. The summed E-state index contributed by atoms with van der Waals surface area (Å²) >= 11 is 0. The van der Waals surface area contributed by atoms with Gasteiger partial charge in [0.05, 0.1) is 24.4 Å². The molecule has 0 radical (unpaired) electrons. The van der Waals surface area contributed by atoms with Crippen molar-refractivity contribution in [3.63, 3.8) is 0 Å². The lowest BCUT2D eigenvalue weighted by atomic mass is 9.75. The highest BCUT2D eigenvalue weighted by Crippen LogP contribution is 2.34. The molecule has 2 N–H and O–H groups in total. The van der Waals surface area contributed by atoms with Gasteiger partial charge in [0.1, 0.15) is 0 Å². The second-order valence-electron chi connectivity index (χ2n) is 6.41. The highest BCUT2D eigenvalue weighted by atomic mass is 16.5. The smallest absolute Gasteiger partial charge is 0.308 e. The Bertz CT molecular complexity index is 384. The minimum Gasteiger partial charge on any atom is -0.481 e. The van der Waals surface area contributed by atoms with E-state index < -0.39 is 35.7 Å². The number of unbranched alkanes of at least 4 members (excludes halogenated alkanes) is 5. The Kier molecular flexibility index (Phi) is 8.66. The average molecular weight is 328 g/mol. The molecule has 0 aromatic rings. The Hall–Kier alpha value is -1.59. The van der Waals surface area contributed by atoms with Gasteiger partial charge in [-0.15, -0.1) is 0 Å². The Labute approximate surface area is 137 Å². The van der Waals surface area contributed by atoms with Crippen molar-refractivity contribution in [3.8, 4) is 0 Å². The van der Waals surface area contributed by atoms with Crippen LogP contribution in [0, 0.1) is 17.8 Å². The zero-order valence-corrected chi connectivity index (χ0v) is 13.8. The standard InChI is InChI=1S/C17H28O6/c1-2-3-4-5-6-7-8-23-17(22)14-10-12(15(18)19)9-13(11-14)16(20)21/h12-14H,2-11H2,1H3,(H,18,19)(H,20,21). The second-order valence-corrected chi connectivity index (χ2v) is 6.41. The van der Waals surface area contributed by atoms with Gasteiger partial charge in [-0.1, -0.05) is 39.0 Å². The molecule has 0 bridgehead atoms. The van der Waals surface area contributed by atoms with Gasteiger partial charge in [-0.3, -0.25) is 14.4 Å². The van der Waals surface area contributed by atoms with Crippen molar-refractivity contribution in [2.45, 2.75) is 64.7 Å². The molecule has 1 aliphatic rings. The summed E-state index contributed by atoms with van der Waals surface area (Å²) < 4.78 is 5.22. The minimum absolute atomic E-state index is 0.0892. The Balaban J connectivity index is 2.35. The van der Waals surface area contributed by atoms with E-state index >= 15 is 0 Å². The van der Waals surface area contributed by atoms with E-state index in [1.54, 1.807) is 0 Å². The monoisotopic (exact) mass is 328 g/mol. The van der Waals surface area contributed by atoms with Crippen LogP contribution in [-0.2, 0) is 19.1 Å². The number of carboxylic acids is 2. The number of aliphatic carboxylic acids is 2. The summed E-state index contributed by atoms with van der Waals surface area (Å²) in [7, 11) is 0. The third-order valence-electron chi connectivity index (χ3n) is 4.48. The van der Waals surface area contributed by atoms with Gasteiger partial charge >= 0.3 is 17.9 Å². The normalized spacial score (nSPS) is 24.1. The lowest BCUT2D eigenvalue weighted by Gasteiger charge is -2.29. The molecule has 0 aromatic carbocycles. The van der Waals surface area contributed by atoms with Crippen LogP contribution >= 0.6 is 0 Å². The predicted molar refractivity (Wildman–Crippen MR) is 83.9 cm³/mol.